The summed E-state index contributed by atoms with van der Waals surface area (Å²) in [4.78, 5) is 22.9. The second-order valence-electron chi connectivity index (χ2n) is 7.28. The summed E-state index contributed by atoms with van der Waals surface area (Å²) in [5, 5.41) is 3.51. The molecule has 1 saturated heterocycles. The van der Waals surface area contributed by atoms with E-state index in [9.17, 15) is 0 Å². The fourth-order valence-electron chi connectivity index (χ4n) is 3.32. The van der Waals surface area contributed by atoms with Crippen LogP contribution in [0.1, 0.15) is 20.3 Å². The predicted octanol–water partition coefficient (Wildman–Crippen LogP) is 3.47. The van der Waals surface area contributed by atoms with Crippen molar-refractivity contribution in [3.63, 3.8) is 0 Å². The SMILES string of the molecule is CCC(C)Nc1cc(-c2ccccc2)nc(N2CCN(c3ncccn3)CC2)n1. The summed E-state index contributed by atoms with van der Waals surface area (Å²) in [6, 6.07) is 14.5. The molecule has 0 saturated carbocycles. The Labute approximate surface area is 171 Å². The van der Waals surface area contributed by atoms with Crippen molar-refractivity contribution in [2.75, 3.05) is 41.3 Å². The number of rotatable bonds is 6. The molecule has 1 atom stereocenters. The molecular weight excluding hydrogens is 362 g/mol. The van der Waals surface area contributed by atoms with E-state index < -0.39 is 0 Å². The van der Waals surface area contributed by atoms with Crippen molar-refractivity contribution in [1.29, 1.82) is 0 Å². The molecule has 2 aromatic heterocycles. The normalized spacial score (nSPS) is 15.2. The first-order chi connectivity index (χ1) is 14.2. The molecule has 0 amide bonds. The molecule has 7 nitrogen and oxygen atoms in total. The van der Waals surface area contributed by atoms with E-state index >= 15 is 0 Å². The van der Waals surface area contributed by atoms with Crippen LogP contribution in [-0.4, -0.2) is 52.2 Å². The number of hydrogen-bond acceptors (Lipinski definition) is 7. The Hall–Kier alpha value is -3.22. The van der Waals surface area contributed by atoms with Gasteiger partial charge in [-0.3, -0.25) is 0 Å². The zero-order valence-corrected chi connectivity index (χ0v) is 17.0. The van der Waals surface area contributed by atoms with Crippen molar-refractivity contribution in [2.24, 2.45) is 0 Å². The number of hydrogen-bond donors (Lipinski definition) is 1. The quantitative estimate of drug-likeness (QED) is 0.692. The van der Waals surface area contributed by atoms with Gasteiger partial charge in [-0.25, -0.2) is 15.0 Å². The summed E-state index contributed by atoms with van der Waals surface area (Å²) in [5.41, 5.74) is 2.04. The molecule has 1 aliphatic rings. The first-order valence-corrected chi connectivity index (χ1v) is 10.2. The highest BCUT2D eigenvalue weighted by molar-refractivity contribution is 5.64. The van der Waals surface area contributed by atoms with Crippen molar-refractivity contribution in [2.45, 2.75) is 26.3 Å². The molecule has 29 heavy (non-hydrogen) atoms. The van der Waals surface area contributed by atoms with Crippen molar-refractivity contribution in [1.82, 2.24) is 19.9 Å². The third kappa shape index (κ3) is 4.62. The van der Waals surface area contributed by atoms with Gasteiger partial charge in [0.05, 0.1) is 5.69 Å². The van der Waals surface area contributed by atoms with Crippen LogP contribution in [0.25, 0.3) is 11.3 Å². The lowest BCUT2D eigenvalue weighted by Crippen LogP contribution is -2.47. The molecule has 0 radical (unpaired) electrons. The maximum atomic E-state index is 4.88. The lowest BCUT2D eigenvalue weighted by Gasteiger charge is -2.35. The van der Waals surface area contributed by atoms with Crippen LogP contribution in [0.5, 0.6) is 0 Å². The van der Waals surface area contributed by atoms with Gasteiger partial charge in [0, 0.05) is 56.2 Å². The van der Waals surface area contributed by atoms with Gasteiger partial charge in [0.2, 0.25) is 11.9 Å². The number of nitrogens with zero attached hydrogens (tertiary/aromatic N) is 6. The van der Waals surface area contributed by atoms with Crippen LogP contribution in [0.2, 0.25) is 0 Å². The van der Waals surface area contributed by atoms with Crippen LogP contribution in [0.15, 0.2) is 54.9 Å². The minimum atomic E-state index is 0.355. The lowest BCUT2D eigenvalue weighted by molar-refractivity contribution is 0.628. The number of aromatic nitrogens is 4. The van der Waals surface area contributed by atoms with Crippen molar-refractivity contribution in [3.8, 4) is 11.3 Å². The Balaban J connectivity index is 1.57. The maximum Gasteiger partial charge on any atom is 0.227 e. The average Bonchev–Trinajstić information content (AvgIpc) is 2.80. The summed E-state index contributed by atoms with van der Waals surface area (Å²) in [5.74, 6) is 2.42. The fraction of sp³-hybridized carbons (Fsp3) is 0.364. The second-order valence-corrected chi connectivity index (χ2v) is 7.28. The molecule has 1 fully saturated rings. The van der Waals surface area contributed by atoms with Crippen LogP contribution >= 0.6 is 0 Å². The predicted molar refractivity (Wildman–Crippen MR) is 117 cm³/mol. The number of nitrogens with one attached hydrogen (secondary N) is 1. The van der Waals surface area contributed by atoms with E-state index in [0.717, 1.165) is 61.6 Å². The van der Waals surface area contributed by atoms with Gasteiger partial charge in [0.1, 0.15) is 5.82 Å². The number of benzene rings is 1. The molecule has 1 N–H and O–H groups in total. The summed E-state index contributed by atoms with van der Waals surface area (Å²) in [6.07, 6.45) is 4.61. The van der Waals surface area contributed by atoms with E-state index in [4.69, 9.17) is 9.97 Å². The Morgan fingerprint density at radius 2 is 1.55 bits per heavy atom. The molecule has 0 bridgehead atoms. The summed E-state index contributed by atoms with van der Waals surface area (Å²) < 4.78 is 0. The van der Waals surface area contributed by atoms with Gasteiger partial charge in [0.15, 0.2) is 0 Å². The minimum Gasteiger partial charge on any atom is -0.367 e. The Bertz CT molecular complexity index is 909. The van der Waals surface area contributed by atoms with Gasteiger partial charge in [-0.1, -0.05) is 37.3 Å². The van der Waals surface area contributed by atoms with E-state index in [0.29, 0.717) is 6.04 Å². The Kier molecular flexibility index (Phi) is 5.84. The van der Waals surface area contributed by atoms with E-state index in [1.54, 1.807) is 12.4 Å². The third-order valence-electron chi connectivity index (χ3n) is 5.19. The van der Waals surface area contributed by atoms with E-state index in [2.05, 4.69) is 51.1 Å². The van der Waals surface area contributed by atoms with Crippen molar-refractivity contribution < 1.29 is 0 Å². The van der Waals surface area contributed by atoms with Gasteiger partial charge in [-0.2, -0.15) is 4.98 Å². The van der Waals surface area contributed by atoms with E-state index in [1.807, 2.05) is 30.3 Å². The molecule has 3 heterocycles. The first kappa shape index (κ1) is 19.1. The van der Waals surface area contributed by atoms with Crippen LogP contribution < -0.4 is 15.1 Å². The van der Waals surface area contributed by atoms with Crippen molar-refractivity contribution >= 4 is 17.7 Å². The van der Waals surface area contributed by atoms with Crippen molar-refractivity contribution in [3.05, 3.63) is 54.9 Å². The van der Waals surface area contributed by atoms with Gasteiger partial charge in [-0.15, -0.1) is 0 Å². The molecule has 4 rings (SSSR count). The Morgan fingerprint density at radius 1 is 0.897 bits per heavy atom. The highest BCUT2D eigenvalue weighted by atomic mass is 15.4. The number of anilines is 3. The van der Waals surface area contributed by atoms with Crippen LogP contribution in [0, 0.1) is 0 Å². The molecular formula is C22H27N7. The van der Waals surface area contributed by atoms with Gasteiger partial charge in [0.25, 0.3) is 0 Å². The average molecular weight is 390 g/mol. The molecule has 1 unspecified atom stereocenters. The molecule has 1 aromatic carbocycles. The molecule has 0 aliphatic carbocycles. The Morgan fingerprint density at radius 3 is 2.21 bits per heavy atom. The zero-order chi connectivity index (χ0) is 20.1. The third-order valence-corrected chi connectivity index (χ3v) is 5.19. The second kappa shape index (κ2) is 8.86. The monoisotopic (exact) mass is 389 g/mol. The molecule has 0 spiro atoms. The lowest BCUT2D eigenvalue weighted by atomic mass is 10.1. The van der Waals surface area contributed by atoms with E-state index in [-0.39, 0.29) is 0 Å². The summed E-state index contributed by atoms with van der Waals surface area (Å²) >= 11 is 0. The smallest absolute Gasteiger partial charge is 0.227 e. The zero-order valence-electron chi connectivity index (χ0n) is 17.0. The largest absolute Gasteiger partial charge is 0.367 e. The maximum absolute atomic E-state index is 4.88. The first-order valence-electron chi connectivity index (χ1n) is 10.2. The highest BCUT2D eigenvalue weighted by Crippen LogP contribution is 2.24. The van der Waals surface area contributed by atoms with Crippen LogP contribution in [0.4, 0.5) is 17.7 Å². The van der Waals surface area contributed by atoms with Crippen LogP contribution in [0.3, 0.4) is 0 Å². The highest BCUT2D eigenvalue weighted by Gasteiger charge is 2.22. The molecule has 7 heteroatoms. The van der Waals surface area contributed by atoms with Crippen LogP contribution in [-0.2, 0) is 0 Å². The topological polar surface area (TPSA) is 70.1 Å². The molecule has 1 aliphatic heterocycles. The number of piperazine rings is 1. The molecule has 150 valence electrons. The van der Waals surface area contributed by atoms with E-state index in [1.165, 1.54) is 0 Å². The summed E-state index contributed by atoms with van der Waals surface area (Å²) in [7, 11) is 0. The standard InChI is InChI=1S/C22H27N7/c1-3-17(2)25-20-16-19(18-8-5-4-6-9-18)26-22(27-20)29-14-12-28(13-15-29)21-23-10-7-11-24-21/h4-11,16-17H,3,12-15H2,1-2H3,(H,25,26,27). The van der Waals surface area contributed by atoms with Gasteiger partial charge >= 0.3 is 0 Å². The van der Waals surface area contributed by atoms with Gasteiger partial charge < -0.3 is 15.1 Å². The minimum absolute atomic E-state index is 0.355. The fourth-order valence-corrected chi connectivity index (χ4v) is 3.32. The van der Waals surface area contributed by atoms with Gasteiger partial charge in [-0.05, 0) is 19.4 Å². The molecule has 3 aromatic rings. The summed E-state index contributed by atoms with van der Waals surface area (Å²) in [6.45, 7) is 7.69.